The molecule has 4 rings (SSSR count). The number of hydrogen-bond donors (Lipinski definition) is 1. The molecule has 1 aliphatic rings. The summed E-state index contributed by atoms with van der Waals surface area (Å²) in [5, 5.41) is 3.31. The summed E-state index contributed by atoms with van der Waals surface area (Å²) in [5.74, 6) is -3.05. The molecule has 3 aromatic rings. The minimum absolute atomic E-state index is 0.0642. The number of nitrogens with one attached hydrogen (secondary N) is 1. The minimum atomic E-state index is -1.07. The summed E-state index contributed by atoms with van der Waals surface area (Å²) in [5.41, 5.74) is 2.01. The van der Waals surface area contributed by atoms with Crippen molar-refractivity contribution < 1.29 is 18.4 Å². The van der Waals surface area contributed by atoms with Crippen molar-refractivity contribution >= 4 is 38.5 Å². The van der Waals surface area contributed by atoms with Crippen molar-refractivity contribution in [3.8, 4) is 0 Å². The standard InChI is InChI=1S/C19H15F2N3O2S/c1-10-2-5-15-16(6-10)27-19(22-15)23-17(25)12-8-24(9-12)18(26)11-3-4-13(20)14(21)7-11/h2-7,12H,8-9H2,1H3,(H,22,23,25). The van der Waals surface area contributed by atoms with Gasteiger partial charge in [0.1, 0.15) is 0 Å². The molecule has 2 aromatic carbocycles. The second-order valence-electron chi connectivity index (χ2n) is 6.52. The second-order valence-corrected chi connectivity index (χ2v) is 7.55. The van der Waals surface area contributed by atoms with Gasteiger partial charge in [-0.3, -0.25) is 9.59 Å². The Morgan fingerprint density at radius 1 is 1.15 bits per heavy atom. The number of rotatable bonds is 3. The van der Waals surface area contributed by atoms with Crippen molar-refractivity contribution in [1.82, 2.24) is 9.88 Å². The molecule has 5 nitrogen and oxygen atoms in total. The van der Waals surface area contributed by atoms with E-state index in [2.05, 4.69) is 10.3 Å². The van der Waals surface area contributed by atoms with E-state index in [0.29, 0.717) is 5.13 Å². The lowest BCUT2D eigenvalue weighted by molar-refractivity contribution is -0.123. The maximum Gasteiger partial charge on any atom is 0.254 e. The van der Waals surface area contributed by atoms with E-state index in [1.54, 1.807) is 0 Å². The molecule has 2 amide bonds. The highest BCUT2D eigenvalue weighted by Crippen LogP contribution is 2.28. The molecule has 2 heterocycles. The zero-order chi connectivity index (χ0) is 19.1. The Balaban J connectivity index is 1.37. The van der Waals surface area contributed by atoms with Gasteiger partial charge in [0.05, 0.1) is 16.1 Å². The number of thiazole rings is 1. The molecule has 8 heteroatoms. The number of carbonyl (C=O) groups is 2. The van der Waals surface area contributed by atoms with Gasteiger partial charge in [0, 0.05) is 18.7 Å². The van der Waals surface area contributed by atoms with Crippen LogP contribution >= 0.6 is 11.3 Å². The molecule has 0 saturated carbocycles. The van der Waals surface area contributed by atoms with Gasteiger partial charge in [-0.2, -0.15) is 0 Å². The third-order valence-corrected chi connectivity index (χ3v) is 5.41. The van der Waals surface area contributed by atoms with Gasteiger partial charge >= 0.3 is 0 Å². The van der Waals surface area contributed by atoms with Gasteiger partial charge in [-0.15, -0.1) is 0 Å². The highest BCUT2D eigenvalue weighted by molar-refractivity contribution is 7.22. The van der Waals surface area contributed by atoms with E-state index < -0.39 is 17.5 Å². The Hall–Kier alpha value is -2.87. The van der Waals surface area contributed by atoms with Crippen LogP contribution < -0.4 is 5.32 Å². The fourth-order valence-electron chi connectivity index (χ4n) is 2.91. The van der Waals surface area contributed by atoms with Crippen molar-refractivity contribution in [3.05, 3.63) is 59.2 Å². The Kier molecular flexibility index (Phi) is 4.35. The molecule has 1 N–H and O–H groups in total. The third kappa shape index (κ3) is 3.40. The van der Waals surface area contributed by atoms with Gasteiger partial charge in [0.25, 0.3) is 5.91 Å². The summed E-state index contributed by atoms with van der Waals surface area (Å²) in [4.78, 5) is 30.4. The summed E-state index contributed by atoms with van der Waals surface area (Å²) in [6.07, 6.45) is 0. The van der Waals surface area contributed by atoms with Crippen molar-refractivity contribution in [3.63, 3.8) is 0 Å². The van der Waals surface area contributed by atoms with E-state index in [4.69, 9.17) is 0 Å². The topological polar surface area (TPSA) is 62.3 Å². The van der Waals surface area contributed by atoms with E-state index in [-0.39, 0.29) is 30.5 Å². The number of fused-ring (bicyclic) bond motifs is 1. The lowest BCUT2D eigenvalue weighted by atomic mass is 9.98. The molecule has 138 valence electrons. The predicted octanol–water partition coefficient (Wildman–Crippen LogP) is 3.59. The lowest BCUT2D eigenvalue weighted by Gasteiger charge is -2.38. The second kappa shape index (κ2) is 6.70. The van der Waals surface area contributed by atoms with Crippen LogP contribution in [0.4, 0.5) is 13.9 Å². The number of amides is 2. The summed E-state index contributed by atoms with van der Waals surface area (Å²) in [7, 11) is 0. The first-order valence-electron chi connectivity index (χ1n) is 8.33. The number of hydrogen-bond acceptors (Lipinski definition) is 4. The Labute approximate surface area is 157 Å². The first-order chi connectivity index (χ1) is 12.9. The lowest BCUT2D eigenvalue weighted by Crippen LogP contribution is -2.54. The number of benzene rings is 2. The molecular weight excluding hydrogens is 372 g/mol. The fraction of sp³-hybridized carbons (Fsp3) is 0.211. The number of aryl methyl sites for hydroxylation is 1. The molecule has 0 bridgehead atoms. The van der Waals surface area contributed by atoms with E-state index in [1.807, 2.05) is 25.1 Å². The number of halogens is 2. The van der Waals surface area contributed by atoms with E-state index in [1.165, 1.54) is 22.3 Å². The summed E-state index contributed by atoms with van der Waals surface area (Å²) in [6, 6.07) is 8.89. The van der Waals surface area contributed by atoms with E-state index >= 15 is 0 Å². The fourth-order valence-corrected chi connectivity index (χ4v) is 3.88. The van der Waals surface area contributed by atoms with E-state index in [0.717, 1.165) is 27.9 Å². The van der Waals surface area contributed by atoms with Gasteiger partial charge in [-0.05, 0) is 42.8 Å². The average molecular weight is 387 g/mol. The zero-order valence-corrected chi connectivity index (χ0v) is 15.1. The van der Waals surface area contributed by atoms with Crippen LogP contribution in [-0.4, -0.2) is 34.8 Å². The molecule has 0 spiro atoms. The highest BCUT2D eigenvalue weighted by Gasteiger charge is 2.36. The van der Waals surface area contributed by atoms with Gasteiger partial charge < -0.3 is 10.2 Å². The van der Waals surface area contributed by atoms with Crippen LogP contribution in [0.3, 0.4) is 0 Å². The first-order valence-corrected chi connectivity index (χ1v) is 9.15. The van der Waals surface area contributed by atoms with Crippen molar-refractivity contribution in [2.24, 2.45) is 5.92 Å². The average Bonchev–Trinajstić information content (AvgIpc) is 2.97. The van der Waals surface area contributed by atoms with Crippen LogP contribution in [0.25, 0.3) is 10.2 Å². The van der Waals surface area contributed by atoms with Gasteiger partial charge in [-0.25, -0.2) is 13.8 Å². The van der Waals surface area contributed by atoms with Gasteiger partial charge in [0.2, 0.25) is 5.91 Å². The monoisotopic (exact) mass is 387 g/mol. The van der Waals surface area contributed by atoms with Crippen LogP contribution in [0.2, 0.25) is 0 Å². The molecule has 0 atom stereocenters. The molecular formula is C19H15F2N3O2S. The predicted molar refractivity (Wildman–Crippen MR) is 98.7 cm³/mol. The van der Waals surface area contributed by atoms with Gasteiger partial charge in [-0.1, -0.05) is 17.4 Å². The summed E-state index contributed by atoms with van der Waals surface area (Å²) >= 11 is 1.40. The number of nitrogens with zero attached hydrogens (tertiary/aromatic N) is 2. The van der Waals surface area contributed by atoms with Crippen LogP contribution in [0.1, 0.15) is 15.9 Å². The first kappa shape index (κ1) is 17.5. The largest absolute Gasteiger partial charge is 0.337 e. The molecule has 0 unspecified atom stereocenters. The van der Waals surface area contributed by atoms with Crippen molar-refractivity contribution in [1.29, 1.82) is 0 Å². The van der Waals surface area contributed by atoms with Crippen LogP contribution in [0.5, 0.6) is 0 Å². The zero-order valence-electron chi connectivity index (χ0n) is 14.3. The highest BCUT2D eigenvalue weighted by atomic mass is 32.1. The number of carbonyl (C=O) groups excluding carboxylic acids is 2. The maximum absolute atomic E-state index is 13.3. The van der Waals surface area contributed by atoms with Crippen molar-refractivity contribution in [2.45, 2.75) is 6.92 Å². The van der Waals surface area contributed by atoms with Crippen LogP contribution in [0.15, 0.2) is 36.4 Å². The molecule has 0 radical (unpaired) electrons. The van der Waals surface area contributed by atoms with Crippen molar-refractivity contribution in [2.75, 3.05) is 18.4 Å². The third-order valence-electron chi connectivity index (χ3n) is 4.48. The SMILES string of the molecule is Cc1ccc2nc(NC(=O)C3CN(C(=O)c4ccc(F)c(F)c4)C3)sc2c1. The Morgan fingerprint density at radius 3 is 2.67 bits per heavy atom. The number of anilines is 1. The quantitative estimate of drug-likeness (QED) is 0.747. The Bertz CT molecular complexity index is 1060. The van der Waals surface area contributed by atoms with Crippen LogP contribution in [0, 0.1) is 24.5 Å². The molecule has 1 fully saturated rings. The molecule has 0 aliphatic carbocycles. The molecule has 1 aliphatic heterocycles. The summed E-state index contributed by atoms with van der Waals surface area (Å²) in [6.45, 7) is 2.45. The maximum atomic E-state index is 13.3. The normalized spacial score (nSPS) is 14.3. The Morgan fingerprint density at radius 2 is 1.93 bits per heavy atom. The number of aromatic nitrogens is 1. The molecule has 27 heavy (non-hydrogen) atoms. The van der Waals surface area contributed by atoms with Gasteiger partial charge in [0.15, 0.2) is 16.8 Å². The number of likely N-dealkylation sites (tertiary alicyclic amines) is 1. The van der Waals surface area contributed by atoms with E-state index in [9.17, 15) is 18.4 Å². The molecule has 1 aromatic heterocycles. The molecule has 1 saturated heterocycles. The summed E-state index contributed by atoms with van der Waals surface area (Å²) < 4.78 is 27.2. The van der Waals surface area contributed by atoms with Crippen LogP contribution in [-0.2, 0) is 4.79 Å². The smallest absolute Gasteiger partial charge is 0.254 e. The minimum Gasteiger partial charge on any atom is -0.337 e.